The molecule has 274 valence electrons. The lowest BCUT2D eigenvalue weighted by molar-refractivity contribution is -0.148. The summed E-state index contributed by atoms with van der Waals surface area (Å²) in [6, 6.07) is -8.01. The number of carbonyl (C=O) groups excluding carboxylic acids is 7. The zero-order valence-electron chi connectivity index (χ0n) is 27.2. The largest absolute Gasteiger partial charge is 0.480 e. The Balaban J connectivity index is 1.50. The van der Waals surface area contributed by atoms with Crippen LogP contribution in [0.3, 0.4) is 0 Å². The van der Waals surface area contributed by atoms with E-state index in [4.69, 9.17) is 5.11 Å². The molecule has 0 saturated carbocycles. The topological polar surface area (TPSA) is 296 Å². The van der Waals surface area contributed by atoms with Crippen LogP contribution >= 0.6 is 0 Å². The highest BCUT2D eigenvalue weighted by molar-refractivity contribution is 5.97. The summed E-state index contributed by atoms with van der Waals surface area (Å²) >= 11 is 0. The number of nitrogens with zero attached hydrogens (tertiary/aromatic N) is 2. The van der Waals surface area contributed by atoms with Crippen LogP contribution in [0.25, 0.3) is 0 Å². The van der Waals surface area contributed by atoms with Gasteiger partial charge in [-0.15, -0.1) is 0 Å². The van der Waals surface area contributed by atoms with E-state index in [9.17, 15) is 53.7 Å². The standard InChI is InChI=1S/C29H46N8O12/c1-15(27(46)37-10-4-7-21(37)28(47)36-9-3-6-20(36)26(45)35-19(14-40)29(48)49)32-22(41)11-31-23(42)17(12-38)33-25(44)18(13-39)34-24(43)16-5-2-8-30-16/h15-21,30,38-40H,2-14H2,1H3,(H,31,42)(H,32,41)(H,33,44)(H,34,43)(H,35,45)(H,48,49)/t15-,16-,17-,18-,19-,20-,21-/m0/s1. The number of carboxylic acids is 1. The van der Waals surface area contributed by atoms with Crippen molar-refractivity contribution >= 4 is 47.3 Å². The molecule has 7 amide bonds. The van der Waals surface area contributed by atoms with Crippen molar-refractivity contribution in [3.05, 3.63) is 0 Å². The molecule has 10 N–H and O–H groups in total. The maximum Gasteiger partial charge on any atom is 0.328 e. The molecule has 3 aliphatic heterocycles. The van der Waals surface area contributed by atoms with Crippen molar-refractivity contribution in [2.24, 2.45) is 0 Å². The van der Waals surface area contributed by atoms with Crippen LogP contribution in [-0.4, -0.2) is 166 Å². The van der Waals surface area contributed by atoms with Crippen LogP contribution in [0.4, 0.5) is 0 Å². The third kappa shape index (κ3) is 10.3. The van der Waals surface area contributed by atoms with Crippen LogP contribution in [0.5, 0.6) is 0 Å². The summed E-state index contributed by atoms with van der Waals surface area (Å²) in [5.41, 5.74) is 0. The molecule has 0 aromatic carbocycles. The molecule has 0 aliphatic carbocycles. The van der Waals surface area contributed by atoms with E-state index in [1.165, 1.54) is 16.7 Å². The molecule has 20 heteroatoms. The molecular weight excluding hydrogens is 652 g/mol. The van der Waals surface area contributed by atoms with Gasteiger partial charge in [0, 0.05) is 13.1 Å². The van der Waals surface area contributed by atoms with E-state index in [0.29, 0.717) is 32.2 Å². The number of hydrogen-bond acceptors (Lipinski definition) is 12. The van der Waals surface area contributed by atoms with Gasteiger partial charge in [0.05, 0.1) is 32.4 Å². The van der Waals surface area contributed by atoms with E-state index >= 15 is 0 Å². The number of aliphatic carboxylic acids is 1. The van der Waals surface area contributed by atoms with E-state index in [1.807, 2.05) is 0 Å². The summed E-state index contributed by atoms with van der Waals surface area (Å²) in [6.07, 6.45) is 2.84. The number of hydrogen-bond donors (Lipinski definition) is 10. The number of rotatable bonds is 16. The van der Waals surface area contributed by atoms with Gasteiger partial charge >= 0.3 is 5.97 Å². The van der Waals surface area contributed by atoms with Gasteiger partial charge in [-0.2, -0.15) is 0 Å². The van der Waals surface area contributed by atoms with Gasteiger partial charge in [0.1, 0.15) is 36.3 Å². The molecule has 7 atom stereocenters. The molecule has 0 radical (unpaired) electrons. The van der Waals surface area contributed by atoms with Crippen molar-refractivity contribution in [3.8, 4) is 0 Å². The molecule has 0 unspecified atom stereocenters. The number of nitrogens with one attached hydrogen (secondary N) is 6. The minimum atomic E-state index is -1.53. The first-order valence-electron chi connectivity index (χ1n) is 16.2. The average Bonchev–Trinajstić information content (AvgIpc) is 3.88. The molecule has 0 aromatic heterocycles. The van der Waals surface area contributed by atoms with E-state index in [0.717, 1.165) is 6.42 Å². The summed E-state index contributed by atoms with van der Waals surface area (Å²) in [4.78, 5) is 103. The lowest BCUT2D eigenvalue weighted by Crippen LogP contribution is -2.58. The molecule has 3 aliphatic rings. The van der Waals surface area contributed by atoms with Crippen molar-refractivity contribution < 1.29 is 58.8 Å². The first-order chi connectivity index (χ1) is 23.3. The smallest absolute Gasteiger partial charge is 0.328 e. The fourth-order valence-electron chi connectivity index (χ4n) is 5.97. The summed E-state index contributed by atoms with van der Waals surface area (Å²) in [6.45, 7) is -0.683. The van der Waals surface area contributed by atoms with Crippen LogP contribution in [0.1, 0.15) is 45.4 Å². The Bertz CT molecular complexity index is 1260. The number of likely N-dealkylation sites (tertiary alicyclic amines) is 2. The molecule has 3 heterocycles. The van der Waals surface area contributed by atoms with Crippen LogP contribution < -0.4 is 31.9 Å². The Morgan fingerprint density at radius 3 is 1.90 bits per heavy atom. The molecule has 0 spiro atoms. The summed E-state index contributed by atoms with van der Waals surface area (Å²) in [7, 11) is 0. The lowest BCUT2D eigenvalue weighted by atomic mass is 10.1. The normalized spacial score (nSPS) is 22.7. The van der Waals surface area contributed by atoms with Gasteiger partial charge in [-0.3, -0.25) is 33.6 Å². The molecule has 49 heavy (non-hydrogen) atoms. The molecule has 20 nitrogen and oxygen atoms in total. The Hall–Kier alpha value is -4.40. The first-order valence-corrected chi connectivity index (χ1v) is 16.2. The highest BCUT2D eigenvalue weighted by Gasteiger charge is 2.43. The zero-order chi connectivity index (χ0) is 36.2. The number of carboxylic acid groups (broad SMARTS) is 1. The van der Waals surface area contributed by atoms with Crippen molar-refractivity contribution in [2.75, 3.05) is 46.0 Å². The van der Waals surface area contributed by atoms with E-state index < -0.39 is 116 Å². The SMILES string of the molecule is C[C@H](NC(=O)CNC(=O)[C@H](CO)NC(=O)[C@H](CO)NC(=O)[C@@H]1CCCN1)C(=O)N1CCC[C@H]1C(=O)N1CCC[C@H]1C(=O)N[C@@H](CO)C(=O)O. The van der Waals surface area contributed by atoms with E-state index in [-0.39, 0.29) is 19.5 Å². The van der Waals surface area contributed by atoms with Crippen molar-refractivity contribution in [1.82, 2.24) is 41.7 Å². The quantitative estimate of drug-likeness (QED) is 0.0719. The molecular formula is C29H46N8O12. The number of aliphatic hydroxyl groups is 3. The van der Waals surface area contributed by atoms with Crippen LogP contribution in [0, 0.1) is 0 Å². The van der Waals surface area contributed by atoms with Gasteiger partial charge in [0.25, 0.3) is 0 Å². The average molecular weight is 699 g/mol. The summed E-state index contributed by atoms with van der Waals surface area (Å²) in [5.74, 6) is -6.43. The number of aliphatic hydroxyl groups excluding tert-OH is 3. The highest BCUT2D eigenvalue weighted by Crippen LogP contribution is 2.25. The predicted octanol–water partition coefficient (Wildman–Crippen LogP) is -6.14. The summed E-state index contributed by atoms with van der Waals surface area (Å²) < 4.78 is 0. The van der Waals surface area contributed by atoms with Crippen LogP contribution in [0.2, 0.25) is 0 Å². The second-order valence-corrected chi connectivity index (χ2v) is 12.1. The third-order valence-electron chi connectivity index (χ3n) is 8.64. The first kappa shape index (κ1) is 39.0. The maximum absolute atomic E-state index is 13.5. The van der Waals surface area contributed by atoms with Crippen LogP contribution in [0.15, 0.2) is 0 Å². The fraction of sp³-hybridized carbons (Fsp3) is 0.724. The van der Waals surface area contributed by atoms with Gasteiger partial charge in [0.2, 0.25) is 41.4 Å². The van der Waals surface area contributed by atoms with Gasteiger partial charge in [-0.05, 0) is 52.0 Å². The molecule has 3 saturated heterocycles. The molecule has 0 bridgehead atoms. The molecule has 3 rings (SSSR count). The highest BCUT2D eigenvalue weighted by atomic mass is 16.4. The minimum Gasteiger partial charge on any atom is -0.480 e. The Kier molecular flexibility index (Phi) is 14.7. The maximum atomic E-state index is 13.5. The number of amides is 7. The predicted molar refractivity (Wildman–Crippen MR) is 166 cm³/mol. The monoisotopic (exact) mass is 698 g/mol. The van der Waals surface area contributed by atoms with Gasteiger partial charge < -0.3 is 62.1 Å². The van der Waals surface area contributed by atoms with E-state index in [2.05, 4.69) is 31.9 Å². The van der Waals surface area contributed by atoms with Gasteiger partial charge in [-0.25, -0.2) is 4.79 Å². The Morgan fingerprint density at radius 1 is 0.714 bits per heavy atom. The lowest BCUT2D eigenvalue weighted by Gasteiger charge is -2.32. The minimum absolute atomic E-state index is 0.201. The zero-order valence-corrected chi connectivity index (χ0v) is 27.2. The Morgan fingerprint density at radius 2 is 1.31 bits per heavy atom. The van der Waals surface area contributed by atoms with E-state index in [1.54, 1.807) is 0 Å². The van der Waals surface area contributed by atoms with Crippen molar-refractivity contribution in [3.63, 3.8) is 0 Å². The molecule has 0 aromatic rings. The third-order valence-corrected chi connectivity index (χ3v) is 8.64. The Labute approximate surface area is 281 Å². The van der Waals surface area contributed by atoms with Crippen molar-refractivity contribution in [2.45, 2.75) is 87.7 Å². The molecule has 3 fully saturated rings. The van der Waals surface area contributed by atoms with Crippen LogP contribution in [-0.2, 0) is 38.4 Å². The fourth-order valence-corrected chi connectivity index (χ4v) is 5.97. The van der Waals surface area contributed by atoms with Crippen molar-refractivity contribution in [1.29, 1.82) is 0 Å². The summed E-state index contributed by atoms with van der Waals surface area (Å²) in [5, 5.41) is 52.0. The second kappa shape index (κ2) is 18.4. The number of carbonyl (C=O) groups is 8. The van der Waals surface area contributed by atoms with Gasteiger partial charge in [0.15, 0.2) is 0 Å². The second-order valence-electron chi connectivity index (χ2n) is 12.1. The van der Waals surface area contributed by atoms with Gasteiger partial charge in [-0.1, -0.05) is 0 Å².